The molecule has 0 unspecified atom stereocenters. The van der Waals surface area contributed by atoms with E-state index in [1.807, 2.05) is 56.4 Å². The Morgan fingerprint density at radius 3 is 2.70 bits per heavy atom. The average Bonchev–Trinajstić information content (AvgIpc) is 3.10. The van der Waals surface area contributed by atoms with Gasteiger partial charge in [-0.05, 0) is 24.3 Å². The van der Waals surface area contributed by atoms with Crippen molar-refractivity contribution in [3.8, 4) is 0 Å². The average molecular weight is 355 g/mol. The Labute approximate surface area is 157 Å². The van der Waals surface area contributed by atoms with Gasteiger partial charge in [-0.15, -0.1) is 0 Å². The second kappa shape index (κ2) is 7.33. The van der Waals surface area contributed by atoms with Gasteiger partial charge in [0.05, 0.1) is 18.4 Å². The first kappa shape index (κ1) is 16.8. The van der Waals surface area contributed by atoms with Gasteiger partial charge in [0, 0.05) is 34.7 Å². The number of benzene rings is 1. The number of carbonyl (C=O) groups is 1. The van der Waals surface area contributed by atoms with Crippen LogP contribution in [0.5, 0.6) is 0 Å². The Bertz CT molecular complexity index is 1090. The summed E-state index contributed by atoms with van der Waals surface area (Å²) < 4.78 is 0. The lowest BCUT2D eigenvalue weighted by Crippen LogP contribution is -2.21. The Balaban J connectivity index is 1.49. The molecule has 1 aromatic carbocycles. The van der Waals surface area contributed by atoms with E-state index in [-0.39, 0.29) is 5.91 Å². The molecule has 3 aromatic heterocycles. The minimum absolute atomic E-state index is 0.135. The van der Waals surface area contributed by atoms with Gasteiger partial charge in [0.15, 0.2) is 0 Å². The number of hydrogen-bond donors (Lipinski definition) is 3. The highest BCUT2D eigenvalue weighted by Crippen LogP contribution is 2.19. The summed E-state index contributed by atoms with van der Waals surface area (Å²) in [5, 5.41) is 7.20. The molecular formula is C20H18BN5O. The monoisotopic (exact) mass is 355 g/mol. The van der Waals surface area contributed by atoms with Gasteiger partial charge in [-0.3, -0.25) is 9.78 Å². The van der Waals surface area contributed by atoms with Crippen molar-refractivity contribution >= 4 is 41.6 Å². The van der Waals surface area contributed by atoms with Gasteiger partial charge < -0.3 is 15.6 Å². The van der Waals surface area contributed by atoms with E-state index >= 15 is 0 Å². The predicted octanol–water partition coefficient (Wildman–Crippen LogP) is 2.08. The molecule has 0 saturated heterocycles. The van der Waals surface area contributed by atoms with Crippen molar-refractivity contribution in [3.63, 3.8) is 0 Å². The van der Waals surface area contributed by atoms with Crippen LogP contribution in [0.3, 0.4) is 0 Å². The van der Waals surface area contributed by atoms with Gasteiger partial charge in [0.2, 0.25) is 0 Å². The van der Waals surface area contributed by atoms with Gasteiger partial charge in [-0.25, -0.2) is 4.98 Å². The zero-order valence-corrected chi connectivity index (χ0v) is 14.9. The first-order chi connectivity index (χ1) is 13.2. The number of H-pyrrole nitrogens is 1. The standard InChI is InChI=1S/C20H18BN5O/c21-18-4-2-1-3-17(18)20(27)26-16-10-13-9-15(25-19(13)24-12-16)11-23-14-5-7-22-8-6-14/h1-10,12H,11,21H2,(H,22,23)(H,24,25)(H,26,27). The van der Waals surface area contributed by atoms with Crippen molar-refractivity contribution in [3.05, 3.63) is 78.4 Å². The minimum Gasteiger partial charge on any atom is -0.379 e. The summed E-state index contributed by atoms with van der Waals surface area (Å²) in [5.41, 5.74) is 5.07. The highest BCUT2D eigenvalue weighted by molar-refractivity contribution is 6.37. The van der Waals surface area contributed by atoms with E-state index in [1.54, 1.807) is 18.6 Å². The number of anilines is 2. The first-order valence-corrected chi connectivity index (χ1v) is 8.67. The summed E-state index contributed by atoms with van der Waals surface area (Å²) in [7, 11) is 1.92. The van der Waals surface area contributed by atoms with Crippen LogP contribution >= 0.6 is 0 Å². The van der Waals surface area contributed by atoms with Crippen LogP contribution in [0.15, 0.2) is 67.1 Å². The zero-order chi connectivity index (χ0) is 18.6. The number of nitrogens with zero attached hydrogens (tertiary/aromatic N) is 2. The predicted molar refractivity (Wildman–Crippen MR) is 110 cm³/mol. The van der Waals surface area contributed by atoms with Gasteiger partial charge >= 0.3 is 0 Å². The largest absolute Gasteiger partial charge is 0.379 e. The SMILES string of the molecule is Bc1ccccc1C(=O)Nc1cnc2[nH]c(CNc3ccncc3)cc2c1. The van der Waals surface area contributed by atoms with Crippen molar-refractivity contribution in [2.75, 3.05) is 10.6 Å². The molecule has 7 heteroatoms. The molecule has 0 aliphatic heterocycles. The Morgan fingerprint density at radius 1 is 1.07 bits per heavy atom. The molecule has 1 amide bonds. The fraction of sp³-hybridized carbons (Fsp3) is 0.0500. The molecule has 0 aliphatic rings. The number of hydrogen-bond acceptors (Lipinski definition) is 4. The second-order valence-corrected chi connectivity index (χ2v) is 6.31. The molecule has 0 aliphatic carbocycles. The van der Waals surface area contributed by atoms with Crippen molar-refractivity contribution in [1.29, 1.82) is 0 Å². The highest BCUT2D eigenvalue weighted by Gasteiger charge is 2.10. The van der Waals surface area contributed by atoms with E-state index in [9.17, 15) is 4.79 Å². The first-order valence-electron chi connectivity index (χ1n) is 8.67. The molecule has 0 bridgehead atoms. The Morgan fingerprint density at radius 2 is 1.89 bits per heavy atom. The summed E-state index contributed by atoms with van der Waals surface area (Å²) in [6.45, 7) is 0.644. The van der Waals surface area contributed by atoms with E-state index in [0.29, 0.717) is 17.8 Å². The molecule has 0 atom stereocenters. The van der Waals surface area contributed by atoms with E-state index in [2.05, 4.69) is 25.6 Å². The zero-order valence-electron chi connectivity index (χ0n) is 14.9. The third-order valence-corrected chi connectivity index (χ3v) is 4.34. The van der Waals surface area contributed by atoms with Crippen LogP contribution in [0.25, 0.3) is 11.0 Å². The Hall–Kier alpha value is -3.61. The number of rotatable bonds is 5. The van der Waals surface area contributed by atoms with Crippen LogP contribution < -0.4 is 16.1 Å². The van der Waals surface area contributed by atoms with Crippen LogP contribution in [0.2, 0.25) is 0 Å². The topological polar surface area (TPSA) is 82.7 Å². The molecule has 0 fully saturated rings. The van der Waals surface area contributed by atoms with Gasteiger partial charge in [-0.1, -0.05) is 29.7 Å². The lowest BCUT2D eigenvalue weighted by Gasteiger charge is -2.07. The molecule has 132 valence electrons. The third-order valence-electron chi connectivity index (χ3n) is 4.34. The molecule has 0 spiro atoms. The summed E-state index contributed by atoms with van der Waals surface area (Å²) in [4.78, 5) is 24.2. The van der Waals surface area contributed by atoms with Crippen LogP contribution in [0.1, 0.15) is 16.1 Å². The lowest BCUT2D eigenvalue weighted by molar-refractivity contribution is 0.102. The van der Waals surface area contributed by atoms with Gasteiger partial charge in [0.25, 0.3) is 5.91 Å². The second-order valence-electron chi connectivity index (χ2n) is 6.31. The van der Waals surface area contributed by atoms with Crippen LogP contribution in [-0.4, -0.2) is 28.7 Å². The van der Waals surface area contributed by atoms with Gasteiger partial charge in [-0.2, -0.15) is 0 Å². The van der Waals surface area contributed by atoms with Crippen LogP contribution in [0, 0.1) is 0 Å². The summed E-state index contributed by atoms with van der Waals surface area (Å²) in [6, 6.07) is 15.3. The fourth-order valence-corrected chi connectivity index (χ4v) is 2.93. The van der Waals surface area contributed by atoms with E-state index in [0.717, 1.165) is 27.9 Å². The van der Waals surface area contributed by atoms with Crippen LogP contribution in [-0.2, 0) is 6.54 Å². The van der Waals surface area contributed by atoms with Crippen molar-refractivity contribution in [2.45, 2.75) is 6.54 Å². The number of aromatic nitrogens is 3. The van der Waals surface area contributed by atoms with E-state index in [4.69, 9.17) is 0 Å². The Kier molecular flexibility index (Phi) is 4.57. The maximum atomic E-state index is 12.5. The number of pyridine rings is 2. The molecule has 4 aromatic rings. The number of amides is 1. The number of nitrogens with one attached hydrogen (secondary N) is 3. The maximum absolute atomic E-state index is 12.5. The smallest absolute Gasteiger partial charge is 0.255 e. The fourth-order valence-electron chi connectivity index (χ4n) is 2.93. The lowest BCUT2D eigenvalue weighted by atomic mass is 9.90. The van der Waals surface area contributed by atoms with Gasteiger partial charge in [0.1, 0.15) is 13.5 Å². The van der Waals surface area contributed by atoms with Crippen molar-refractivity contribution < 1.29 is 4.79 Å². The van der Waals surface area contributed by atoms with E-state index in [1.165, 1.54) is 0 Å². The molecule has 6 nitrogen and oxygen atoms in total. The number of carbonyl (C=O) groups excluding carboxylic acids is 1. The molecule has 3 N–H and O–H groups in total. The summed E-state index contributed by atoms with van der Waals surface area (Å²) in [5.74, 6) is -0.135. The molecule has 0 radical (unpaired) electrons. The maximum Gasteiger partial charge on any atom is 0.255 e. The van der Waals surface area contributed by atoms with Crippen molar-refractivity contribution in [1.82, 2.24) is 15.0 Å². The normalized spacial score (nSPS) is 10.7. The minimum atomic E-state index is -0.135. The molecule has 27 heavy (non-hydrogen) atoms. The number of aromatic amines is 1. The van der Waals surface area contributed by atoms with Crippen molar-refractivity contribution in [2.24, 2.45) is 0 Å². The van der Waals surface area contributed by atoms with E-state index < -0.39 is 0 Å². The number of fused-ring (bicyclic) bond motifs is 1. The molecule has 4 rings (SSSR count). The molecular weight excluding hydrogens is 337 g/mol. The van der Waals surface area contributed by atoms with Crippen LogP contribution in [0.4, 0.5) is 11.4 Å². The quantitative estimate of drug-likeness (QED) is 0.479. The highest BCUT2D eigenvalue weighted by atomic mass is 16.1. The molecule has 3 heterocycles. The third kappa shape index (κ3) is 3.82. The summed E-state index contributed by atoms with van der Waals surface area (Å²) in [6.07, 6.45) is 5.16. The summed E-state index contributed by atoms with van der Waals surface area (Å²) >= 11 is 0. The molecule has 0 saturated carbocycles.